The Bertz CT molecular complexity index is 804. The fraction of sp³-hybridized carbons (Fsp3) is 0.263. The number of halogens is 1. The second-order valence-electron chi connectivity index (χ2n) is 6.13. The van der Waals surface area contributed by atoms with E-state index < -0.39 is 0 Å². The first-order valence-corrected chi connectivity index (χ1v) is 8.26. The number of carbonyl (C=O) groups excluding carboxylic acids is 2. The van der Waals surface area contributed by atoms with Crippen molar-refractivity contribution in [3.63, 3.8) is 0 Å². The van der Waals surface area contributed by atoms with Crippen LogP contribution in [0, 0.1) is 13.8 Å². The number of benzene rings is 2. The highest BCUT2D eigenvalue weighted by Crippen LogP contribution is 2.24. The van der Waals surface area contributed by atoms with Crippen molar-refractivity contribution in [1.29, 1.82) is 0 Å². The molecule has 1 aliphatic rings. The highest BCUT2D eigenvalue weighted by molar-refractivity contribution is 6.33. The molecule has 0 bridgehead atoms. The maximum absolute atomic E-state index is 12.3. The fourth-order valence-electron chi connectivity index (χ4n) is 2.86. The van der Waals surface area contributed by atoms with Gasteiger partial charge in [-0.1, -0.05) is 29.8 Å². The minimum absolute atomic E-state index is 0.0164. The van der Waals surface area contributed by atoms with Crippen LogP contribution in [0.2, 0.25) is 5.02 Å². The van der Waals surface area contributed by atoms with Crippen molar-refractivity contribution in [2.24, 2.45) is 0 Å². The standard InChI is InChI=1S/C19H19ClN2O2/c1-12-7-8-15(9-13(12)2)22-11-14(10-18(22)23)21-19(24)16-5-3-4-6-17(16)20/h3-9,14H,10-11H2,1-2H3,(H,21,24). The third-order valence-corrected chi connectivity index (χ3v) is 4.71. The number of anilines is 1. The molecule has 3 rings (SSSR count). The van der Waals surface area contributed by atoms with E-state index in [1.54, 1.807) is 29.2 Å². The molecule has 0 spiro atoms. The van der Waals surface area contributed by atoms with Gasteiger partial charge in [-0.05, 0) is 49.2 Å². The first-order chi connectivity index (χ1) is 11.5. The third kappa shape index (κ3) is 3.29. The molecule has 2 aromatic rings. The monoisotopic (exact) mass is 342 g/mol. The number of hydrogen-bond donors (Lipinski definition) is 1. The molecule has 1 aliphatic heterocycles. The molecular weight excluding hydrogens is 324 g/mol. The van der Waals surface area contributed by atoms with Crippen LogP contribution in [0.5, 0.6) is 0 Å². The van der Waals surface area contributed by atoms with E-state index in [-0.39, 0.29) is 17.9 Å². The molecule has 124 valence electrons. The molecule has 1 atom stereocenters. The Morgan fingerprint density at radius 2 is 1.92 bits per heavy atom. The first kappa shape index (κ1) is 16.5. The van der Waals surface area contributed by atoms with Gasteiger partial charge in [-0.2, -0.15) is 0 Å². The van der Waals surface area contributed by atoms with Gasteiger partial charge in [0.15, 0.2) is 0 Å². The van der Waals surface area contributed by atoms with E-state index in [0.29, 0.717) is 23.6 Å². The quantitative estimate of drug-likeness (QED) is 0.928. The number of carbonyl (C=O) groups is 2. The molecule has 2 amide bonds. The fourth-order valence-corrected chi connectivity index (χ4v) is 3.08. The molecule has 1 heterocycles. The summed E-state index contributed by atoms with van der Waals surface area (Å²) in [6.45, 7) is 4.53. The SMILES string of the molecule is Cc1ccc(N2CC(NC(=O)c3ccccc3Cl)CC2=O)cc1C. The van der Waals surface area contributed by atoms with Crippen molar-refractivity contribution in [3.05, 3.63) is 64.2 Å². The summed E-state index contributed by atoms with van der Waals surface area (Å²) in [5.74, 6) is -0.233. The summed E-state index contributed by atoms with van der Waals surface area (Å²) in [4.78, 5) is 26.4. The van der Waals surface area contributed by atoms with E-state index in [4.69, 9.17) is 11.6 Å². The molecular formula is C19H19ClN2O2. The lowest BCUT2D eigenvalue weighted by molar-refractivity contribution is -0.117. The van der Waals surface area contributed by atoms with Crippen LogP contribution in [0.1, 0.15) is 27.9 Å². The molecule has 1 saturated heterocycles. The third-order valence-electron chi connectivity index (χ3n) is 4.38. The van der Waals surface area contributed by atoms with Crippen LogP contribution in [-0.4, -0.2) is 24.4 Å². The summed E-state index contributed by atoms with van der Waals surface area (Å²) in [6, 6.07) is 12.6. The van der Waals surface area contributed by atoms with Gasteiger partial charge in [-0.3, -0.25) is 9.59 Å². The predicted molar refractivity (Wildman–Crippen MR) is 95.6 cm³/mol. The first-order valence-electron chi connectivity index (χ1n) is 7.88. The van der Waals surface area contributed by atoms with E-state index in [0.717, 1.165) is 11.3 Å². The van der Waals surface area contributed by atoms with Gasteiger partial charge in [0.1, 0.15) is 0 Å². The molecule has 0 aromatic heterocycles. The van der Waals surface area contributed by atoms with Crippen LogP contribution in [0.25, 0.3) is 0 Å². The zero-order valence-electron chi connectivity index (χ0n) is 13.7. The number of amides is 2. The van der Waals surface area contributed by atoms with E-state index in [1.807, 2.05) is 32.0 Å². The van der Waals surface area contributed by atoms with E-state index in [9.17, 15) is 9.59 Å². The van der Waals surface area contributed by atoms with Crippen molar-refractivity contribution in [3.8, 4) is 0 Å². The summed E-state index contributed by atoms with van der Waals surface area (Å²) in [5.41, 5.74) is 3.63. The zero-order valence-corrected chi connectivity index (χ0v) is 14.4. The van der Waals surface area contributed by atoms with Crippen molar-refractivity contribution in [1.82, 2.24) is 5.32 Å². The lowest BCUT2D eigenvalue weighted by Gasteiger charge is -2.18. The molecule has 0 aliphatic carbocycles. The Morgan fingerprint density at radius 1 is 1.17 bits per heavy atom. The summed E-state index contributed by atoms with van der Waals surface area (Å²) in [6.07, 6.45) is 0.295. The van der Waals surface area contributed by atoms with Gasteiger partial charge in [-0.15, -0.1) is 0 Å². The van der Waals surface area contributed by atoms with Gasteiger partial charge in [0, 0.05) is 18.7 Å². The predicted octanol–water partition coefficient (Wildman–Crippen LogP) is 3.49. The van der Waals surface area contributed by atoms with E-state index >= 15 is 0 Å². The molecule has 1 unspecified atom stereocenters. The van der Waals surface area contributed by atoms with Crippen LogP contribution in [0.3, 0.4) is 0 Å². The molecule has 1 N–H and O–H groups in total. The van der Waals surface area contributed by atoms with Crippen LogP contribution in [0.15, 0.2) is 42.5 Å². The Balaban J connectivity index is 1.72. The summed E-state index contributed by atoms with van der Waals surface area (Å²) >= 11 is 6.05. The highest BCUT2D eigenvalue weighted by Gasteiger charge is 2.32. The van der Waals surface area contributed by atoms with Crippen LogP contribution in [0.4, 0.5) is 5.69 Å². The second-order valence-corrected chi connectivity index (χ2v) is 6.53. The summed E-state index contributed by atoms with van der Waals surface area (Å²) in [7, 11) is 0. The second kappa shape index (κ2) is 6.65. The smallest absolute Gasteiger partial charge is 0.253 e. The molecule has 1 fully saturated rings. The van der Waals surface area contributed by atoms with Crippen molar-refractivity contribution >= 4 is 29.1 Å². The number of nitrogens with zero attached hydrogens (tertiary/aromatic N) is 1. The van der Waals surface area contributed by atoms with Gasteiger partial charge in [0.25, 0.3) is 5.91 Å². The maximum atomic E-state index is 12.3. The largest absolute Gasteiger partial charge is 0.347 e. The molecule has 0 saturated carbocycles. The van der Waals surface area contributed by atoms with Crippen LogP contribution in [-0.2, 0) is 4.79 Å². The molecule has 4 nitrogen and oxygen atoms in total. The van der Waals surface area contributed by atoms with Gasteiger partial charge in [0.2, 0.25) is 5.91 Å². The topological polar surface area (TPSA) is 49.4 Å². The average molecular weight is 343 g/mol. The lowest BCUT2D eigenvalue weighted by Crippen LogP contribution is -2.37. The normalized spacial score (nSPS) is 17.2. The maximum Gasteiger partial charge on any atom is 0.253 e. The zero-order chi connectivity index (χ0) is 17.3. The molecule has 2 aromatic carbocycles. The van der Waals surface area contributed by atoms with Gasteiger partial charge < -0.3 is 10.2 Å². The Kier molecular flexibility index (Phi) is 4.58. The van der Waals surface area contributed by atoms with E-state index in [1.165, 1.54) is 5.56 Å². The number of hydrogen-bond acceptors (Lipinski definition) is 2. The van der Waals surface area contributed by atoms with Gasteiger partial charge in [0.05, 0.1) is 16.6 Å². The van der Waals surface area contributed by atoms with Gasteiger partial charge in [-0.25, -0.2) is 0 Å². The van der Waals surface area contributed by atoms with E-state index in [2.05, 4.69) is 5.32 Å². The lowest BCUT2D eigenvalue weighted by atomic mass is 10.1. The Labute approximate surface area is 146 Å². The Morgan fingerprint density at radius 3 is 2.62 bits per heavy atom. The van der Waals surface area contributed by atoms with Crippen LogP contribution >= 0.6 is 11.6 Å². The number of rotatable bonds is 3. The van der Waals surface area contributed by atoms with Crippen molar-refractivity contribution in [2.45, 2.75) is 26.3 Å². The summed E-state index contributed by atoms with van der Waals surface area (Å²) in [5, 5.41) is 3.31. The molecule has 5 heteroatoms. The molecule has 0 radical (unpaired) electrons. The summed E-state index contributed by atoms with van der Waals surface area (Å²) < 4.78 is 0. The van der Waals surface area contributed by atoms with Crippen LogP contribution < -0.4 is 10.2 Å². The molecule has 24 heavy (non-hydrogen) atoms. The minimum atomic E-state index is -0.250. The van der Waals surface area contributed by atoms with Crippen molar-refractivity contribution in [2.75, 3.05) is 11.4 Å². The Hall–Kier alpha value is -2.33. The van der Waals surface area contributed by atoms with Gasteiger partial charge >= 0.3 is 0 Å². The number of aryl methyl sites for hydroxylation is 2. The highest BCUT2D eigenvalue weighted by atomic mass is 35.5. The minimum Gasteiger partial charge on any atom is -0.347 e. The number of nitrogens with one attached hydrogen (secondary N) is 1. The average Bonchev–Trinajstić information content (AvgIpc) is 2.91. The van der Waals surface area contributed by atoms with Crippen molar-refractivity contribution < 1.29 is 9.59 Å².